The highest BCUT2D eigenvalue weighted by Crippen LogP contribution is 2.37. The Morgan fingerprint density at radius 2 is 1.13 bits per heavy atom. The SMILES string of the molecule is Cc1c(F)cc(-c2c(F)cc(-c3ccc(C4CCC(C)CC4)cc3)cc2F)cc1F. The molecule has 3 aromatic rings. The van der Waals surface area contributed by atoms with Crippen molar-refractivity contribution in [2.45, 2.75) is 45.4 Å². The van der Waals surface area contributed by atoms with Crippen molar-refractivity contribution in [1.29, 1.82) is 0 Å². The molecule has 1 aliphatic rings. The van der Waals surface area contributed by atoms with Crippen LogP contribution in [-0.4, -0.2) is 0 Å². The van der Waals surface area contributed by atoms with Crippen LogP contribution in [0.1, 0.15) is 49.7 Å². The van der Waals surface area contributed by atoms with Gasteiger partial charge in [0.25, 0.3) is 0 Å². The Labute approximate surface area is 174 Å². The lowest BCUT2D eigenvalue weighted by Gasteiger charge is -2.26. The molecule has 1 aliphatic carbocycles. The largest absolute Gasteiger partial charge is 0.207 e. The first-order chi connectivity index (χ1) is 14.3. The van der Waals surface area contributed by atoms with Crippen LogP contribution in [-0.2, 0) is 0 Å². The van der Waals surface area contributed by atoms with E-state index in [1.54, 1.807) is 0 Å². The van der Waals surface area contributed by atoms with Crippen molar-refractivity contribution in [3.8, 4) is 22.3 Å². The standard InChI is InChI=1S/C26H24F4/c1-15-3-5-17(6-4-15)18-7-9-19(10-8-18)20-11-24(29)26(25(30)12-20)21-13-22(27)16(2)23(28)14-21/h7-15,17H,3-6H2,1-2H3. The third kappa shape index (κ3) is 4.00. The van der Waals surface area contributed by atoms with Gasteiger partial charge in [0.1, 0.15) is 23.3 Å². The van der Waals surface area contributed by atoms with Gasteiger partial charge < -0.3 is 0 Å². The van der Waals surface area contributed by atoms with Gasteiger partial charge in [0, 0.05) is 5.56 Å². The Morgan fingerprint density at radius 1 is 0.633 bits per heavy atom. The fraction of sp³-hybridized carbons (Fsp3) is 0.308. The van der Waals surface area contributed by atoms with Crippen molar-refractivity contribution in [3.05, 3.63) is 82.9 Å². The average molecular weight is 412 g/mol. The van der Waals surface area contributed by atoms with Gasteiger partial charge in [-0.2, -0.15) is 0 Å². The van der Waals surface area contributed by atoms with Crippen LogP contribution < -0.4 is 0 Å². The summed E-state index contributed by atoms with van der Waals surface area (Å²) in [5.74, 6) is -2.05. The van der Waals surface area contributed by atoms with E-state index in [-0.39, 0.29) is 11.1 Å². The highest BCUT2D eigenvalue weighted by molar-refractivity contribution is 5.72. The van der Waals surface area contributed by atoms with Crippen LogP contribution >= 0.6 is 0 Å². The highest BCUT2D eigenvalue weighted by atomic mass is 19.1. The lowest BCUT2D eigenvalue weighted by atomic mass is 9.79. The van der Waals surface area contributed by atoms with E-state index in [4.69, 9.17) is 0 Å². The van der Waals surface area contributed by atoms with Crippen LogP contribution in [0, 0.1) is 36.1 Å². The molecule has 0 spiro atoms. The zero-order valence-corrected chi connectivity index (χ0v) is 17.1. The van der Waals surface area contributed by atoms with E-state index in [1.807, 2.05) is 24.3 Å². The van der Waals surface area contributed by atoms with Crippen LogP contribution in [0.3, 0.4) is 0 Å². The molecule has 0 atom stereocenters. The van der Waals surface area contributed by atoms with Gasteiger partial charge >= 0.3 is 0 Å². The topological polar surface area (TPSA) is 0 Å². The maximum absolute atomic E-state index is 14.8. The van der Waals surface area contributed by atoms with Crippen molar-refractivity contribution >= 4 is 0 Å². The minimum Gasteiger partial charge on any atom is -0.207 e. The number of hydrogen-bond donors (Lipinski definition) is 0. The highest BCUT2D eigenvalue weighted by Gasteiger charge is 2.20. The van der Waals surface area contributed by atoms with E-state index in [9.17, 15) is 17.6 Å². The van der Waals surface area contributed by atoms with Gasteiger partial charge in [0.2, 0.25) is 0 Å². The first-order valence-corrected chi connectivity index (χ1v) is 10.4. The molecular formula is C26H24F4. The predicted octanol–water partition coefficient (Wildman–Crippen LogP) is 8.18. The van der Waals surface area contributed by atoms with E-state index in [2.05, 4.69) is 6.92 Å². The number of rotatable bonds is 3. The average Bonchev–Trinajstić information content (AvgIpc) is 2.72. The van der Waals surface area contributed by atoms with Crippen molar-refractivity contribution in [2.24, 2.45) is 5.92 Å². The summed E-state index contributed by atoms with van der Waals surface area (Å²) in [6.07, 6.45) is 4.79. The Balaban J connectivity index is 1.63. The quantitative estimate of drug-likeness (QED) is 0.381. The predicted molar refractivity (Wildman–Crippen MR) is 112 cm³/mol. The molecule has 0 heterocycles. The molecule has 0 N–H and O–H groups in total. The molecule has 0 amide bonds. The second-order valence-corrected chi connectivity index (χ2v) is 8.46. The van der Waals surface area contributed by atoms with Gasteiger partial charge in [-0.25, -0.2) is 17.6 Å². The molecule has 30 heavy (non-hydrogen) atoms. The van der Waals surface area contributed by atoms with Crippen LogP contribution in [0.4, 0.5) is 17.6 Å². The van der Waals surface area contributed by atoms with Crippen LogP contribution in [0.5, 0.6) is 0 Å². The van der Waals surface area contributed by atoms with Crippen molar-refractivity contribution in [2.75, 3.05) is 0 Å². The second-order valence-electron chi connectivity index (χ2n) is 8.46. The fourth-order valence-corrected chi connectivity index (χ4v) is 4.35. The van der Waals surface area contributed by atoms with Gasteiger partial charge in [-0.15, -0.1) is 0 Å². The van der Waals surface area contributed by atoms with E-state index >= 15 is 0 Å². The molecule has 156 valence electrons. The minimum absolute atomic E-state index is 0.154. The van der Waals surface area contributed by atoms with Crippen molar-refractivity contribution in [3.63, 3.8) is 0 Å². The normalized spacial score (nSPS) is 19.1. The molecule has 0 radical (unpaired) electrons. The lowest BCUT2D eigenvalue weighted by Crippen LogP contribution is -2.10. The van der Waals surface area contributed by atoms with Gasteiger partial charge in [-0.3, -0.25) is 0 Å². The Kier molecular flexibility index (Phi) is 5.68. The Morgan fingerprint density at radius 3 is 1.67 bits per heavy atom. The maximum Gasteiger partial charge on any atom is 0.134 e. The van der Waals surface area contributed by atoms with Crippen LogP contribution in [0.15, 0.2) is 48.5 Å². The summed E-state index contributed by atoms with van der Waals surface area (Å²) >= 11 is 0. The summed E-state index contributed by atoms with van der Waals surface area (Å²) in [5.41, 5.74) is 1.60. The molecule has 1 saturated carbocycles. The second kappa shape index (κ2) is 8.25. The minimum atomic E-state index is -0.849. The summed E-state index contributed by atoms with van der Waals surface area (Å²) in [4.78, 5) is 0. The monoisotopic (exact) mass is 412 g/mol. The summed E-state index contributed by atoms with van der Waals surface area (Å²) in [6.45, 7) is 3.56. The third-order valence-electron chi connectivity index (χ3n) is 6.34. The van der Waals surface area contributed by atoms with Gasteiger partial charge in [0.15, 0.2) is 0 Å². The number of hydrogen-bond acceptors (Lipinski definition) is 0. The molecule has 4 rings (SSSR count). The van der Waals surface area contributed by atoms with E-state index < -0.39 is 28.8 Å². The smallest absolute Gasteiger partial charge is 0.134 e. The van der Waals surface area contributed by atoms with Gasteiger partial charge in [-0.1, -0.05) is 44.0 Å². The fourth-order valence-electron chi connectivity index (χ4n) is 4.35. The molecule has 4 heteroatoms. The van der Waals surface area contributed by atoms with Crippen LogP contribution in [0.25, 0.3) is 22.3 Å². The van der Waals surface area contributed by atoms with Gasteiger partial charge in [0.05, 0.1) is 5.56 Å². The van der Waals surface area contributed by atoms with Crippen molar-refractivity contribution < 1.29 is 17.6 Å². The maximum atomic E-state index is 14.8. The number of halogens is 4. The van der Waals surface area contributed by atoms with E-state index in [0.29, 0.717) is 17.0 Å². The molecule has 0 unspecified atom stereocenters. The first-order valence-electron chi connectivity index (χ1n) is 10.4. The Bertz CT molecular complexity index is 1010. The third-order valence-corrected chi connectivity index (χ3v) is 6.34. The van der Waals surface area contributed by atoms with E-state index in [0.717, 1.165) is 18.1 Å². The first kappa shape index (κ1) is 20.6. The molecule has 0 nitrogen and oxygen atoms in total. The molecule has 0 aromatic heterocycles. The molecular weight excluding hydrogens is 388 g/mol. The summed E-state index contributed by atoms with van der Waals surface area (Å²) in [5, 5.41) is 0. The molecule has 3 aromatic carbocycles. The summed E-state index contributed by atoms with van der Waals surface area (Å²) in [7, 11) is 0. The molecule has 1 fully saturated rings. The van der Waals surface area contributed by atoms with E-state index in [1.165, 1.54) is 50.3 Å². The summed E-state index contributed by atoms with van der Waals surface area (Å²) in [6, 6.07) is 12.2. The molecule has 0 saturated heterocycles. The number of benzene rings is 3. The molecule has 0 bridgehead atoms. The zero-order valence-electron chi connectivity index (χ0n) is 17.1. The summed E-state index contributed by atoms with van der Waals surface area (Å²) < 4.78 is 57.3. The molecule has 0 aliphatic heterocycles. The van der Waals surface area contributed by atoms with Crippen LogP contribution in [0.2, 0.25) is 0 Å². The van der Waals surface area contributed by atoms with Gasteiger partial charge in [-0.05, 0) is 78.1 Å². The zero-order chi connectivity index (χ0) is 21.4. The lowest BCUT2D eigenvalue weighted by molar-refractivity contribution is 0.348. The Hall–Kier alpha value is -2.62. The van der Waals surface area contributed by atoms with Crippen molar-refractivity contribution in [1.82, 2.24) is 0 Å².